The Morgan fingerprint density at radius 2 is 0.849 bits per heavy atom. The Kier molecular flexibility index (Phi) is 25.1. The number of phenolic OH excluding ortho intramolecular Hbond substituents is 2. The van der Waals surface area contributed by atoms with Crippen LogP contribution in [0.2, 0.25) is 0 Å². The van der Waals surface area contributed by atoms with Gasteiger partial charge in [0.1, 0.15) is 53.8 Å². The van der Waals surface area contributed by atoms with Crippen molar-refractivity contribution in [2.24, 2.45) is 28.9 Å². The van der Waals surface area contributed by atoms with Crippen molar-refractivity contribution >= 4 is 83.6 Å². The van der Waals surface area contributed by atoms with E-state index in [-0.39, 0.29) is 43.1 Å². The molecule has 0 unspecified atom stereocenters. The van der Waals surface area contributed by atoms with E-state index in [1.807, 2.05) is 0 Å². The average Bonchev–Trinajstić information content (AvgIpc) is 3.30. The number of aliphatic carboxylic acids is 2. The maximum absolute atomic E-state index is 14.0. The van der Waals surface area contributed by atoms with Crippen LogP contribution in [0.3, 0.4) is 0 Å². The van der Waals surface area contributed by atoms with Crippen molar-refractivity contribution in [1.82, 2.24) is 37.2 Å². The van der Waals surface area contributed by atoms with Crippen LogP contribution >= 0.6 is 12.6 Å². The summed E-state index contributed by atoms with van der Waals surface area (Å²) in [5.41, 5.74) is 22.8. The first-order valence-corrected chi connectivity index (χ1v) is 23.2. The molecule has 2 rings (SSSR count). The number of carbonyl (C=O) groups is 12. The van der Waals surface area contributed by atoms with Gasteiger partial charge >= 0.3 is 11.9 Å². The molecule has 28 heteroatoms. The minimum Gasteiger partial charge on any atom is -0.508 e. The van der Waals surface area contributed by atoms with Gasteiger partial charge in [-0.1, -0.05) is 38.1 Å². The molecule has 10 amide bonds. The summed E-state index contributed by atoms with van der Waals surface area (Å²) in [6.45, 7) is 3.35. The number of carbonyl (C=O) groups excluding carboxylic acids is 10. The topological polar surface area (TPSA) is 474 Å². The predicted molar refractivity (Wildman–Crippen MR) is 259 cm³/mol. The van der Waals surface area contributed by atoms with Crippen molar-refractivity contribution in [2.75, 3.05) is 5.75 Å². The third kappa shape index (κ3) is 22.7. The van der Waals surface area contributed by atoms with Crippen LogP contribution < -0.4 is 60.2 Å². The number of rotatable bonds is 32. The number of thiol groups is 1. The van der Waals surface area contributed by atoms with E-state index in [2.05, 4.69) is 49.8 Å². The van der Waals surface area contributed by atoms with Gasteiger partial charge in [-0.25, -0.2) is 4.79 Å². The maximum Gasteiger partial charge on any atom is 0.326 e. The largest absolute Gasteiger partial charge is 0.508 e. The second-order valence-corrected chi connectivity index (χ2v) is 17.6. The van der Waals surface area contributed by atoms with Gasteiger partial charge in [-0.3, -0.25) is 52.7 Å². The minimum absolute atomic E-state index is 0.0251. The number of amides is 10. The zero-order valence-corrected chi connectivity index (χ0v) is 40.7. The highest BCUT2D eigenvalue weighted by atomic mass is 32.1. The van der Waals surface area contributed by atoms with Gasteiger partial charge in [-0.2, -0.15) is 12.6 Å². The van der Waals surface area contributed by atoms with Crippen molar-refractivity contribution in [3.63, 3.8) is 0 Å². The van der Waals surface area contributed by atoms with Crippen LogP contribution in [0, 0.1) is 5.92 Å². The molecule has 0 fully saturated rings. The average molecular weight is 1050 g/mol. The molecule has 2 aromatic rings. The Hall–Kier alpha value is -8.01. The summed E-state index contributed by atoms with van der Waals surface area (Å²) in [6.07, 6.45) is -4.37. The molecule has 8 atom stereocenters. The third-order valence-corrected chi connectivity index (χ3v) is 10.9. The van der Waals surface area contributed by atoms with Crippen LogP contribution in [-0.4, -0.2) is 146 Å². The van der Waals surface area contributed by atoms with Crippen LogP contribution in [-0.2, 0) is 70.4 Å². The van der Waals surface area contributed by atoms with Crippen LogP contribution in [0.5, 0.6) is 11.5 Å². The van der Waals surface area contributed by atoms with Crippen molar-refractivity contribution in [1.29, 1.82) is 0 Å². The van der Waals surface area contributed by atoms with Gasteiger partial charge in [0.25, 0.3) is 0 Å². The highest BCUT2D eigenvalue weighted by molar-refractivity contribution is 7.80. The molecule has 2 aromatic carbocycles. The Bertz CT molecular complexity index is 2320. The molecule has 27 nitrogen and oxygen atoms in total. The first-order chi connectivity index (χ1) is 34.2. The molecule has 0 aromatic heterocycles. The fraction of sp³-hybridized carbons (Fsp3) is 0.467. The number of nitrogens with two attached hydrogens (primary N) is 4. The van der Waals surface area contributed by atoms with Gasteiger partial charge in [0.15, 0.2) is 0 Å². The van der Waals surface area contributed by atoms with Gasteiger partial charge < -0.3 is 80.6 Å². The number of nitrogens with one attached hydrogen (secondary N) is 7. The quantitative estimate of drug-likeness (QED) is 0.0307. The Morgan fingerprint density at radius 3 is 1.32 bits per heavy atom. The van der Waals surface area contributed by atoms with Gasteiger partial charge in [0.2, 0.25) is 59.1 Å². The molecule has 73 heavy (non-hydrogen) atoms. The number of carboxylic acids is 2. The minimum atomic E-state index is -1.93. The van der Waals surface area contributed by atoms with E-state index in [4.69, 9.17) is 22.9 Å². The first-order valence-electron chi connectivity index (χ1n) is 22.5. The lowest BCUT2D eigenvalue weighted by Crippen LogP contribution is -2.61. The summed E-state index contributed by atoms with van der Waals surface area (Å²) in [7, 11) is 0. The van der Waals surface area contributed by atoms with Crippen LogP contribution in [0.15, 0.2) is 48.5 Å². The number of benzene rings is 2. The second kappa shape index (κ2) is 30.0. The normalized spacial score (nSPS) is 14.2. The van der Waals surface area contributed by atoms with E-state index in [1.165, 1.54) is 48.5 Å². The van der Waals surface area contributed by atoms with Gasteiger partial charge in [-0.05, 0) is 67.0 Å². The Morgan fingerprint density at radius 1 is 0.479 bits per heavy atom. The van der Waals surface area contributed by atoms with E-state index < -0.39 is 157 Å². The van der Waals surface area contributed by atoms with E-state index in [1.54, 1.807) is 13.8 Å². The van der Waals surface area contributed by atoms with Gasteiger partial charge in [0, 0.05) is 25.0 Å². The van der Waals surface area contributed by atoms with Gasteiger partial charge in [-0.15, -0.1) is 0 Å². The molecule has 0 saturated carbocycles. The smallest absolute Gasteiger partial charge is 0.326 e. The van der Waals surface area contributed by atoms with Crippen LogP contribution in [0.1, 0.15) is 69.9 Å². The predicted octanol–water partition coefficient (Wildman–Crippen LogP) is -4.45. The summed E-state index contributed by atoms with van der Waals surface area (Å²) < 4.78 is 0. The summed E-state index contributed by atoms with van der Waals surface area (Å²) in [6, 6.07) is -1.93. The summed E-state index contributed by atoms with van der Waals surface area (Å²) in [5, 5.41) is 54.6. The number of carboxylic acid groups (broad SMARTS) is 2. The number of hydrogen-bond donors (Lipinski definition) is 16. The monoisotopic (exact) mass is 1050 g/mol. The lowest BCUT2D eigenvalue weighted by molar-refractivity contribution is -0.143. The van der Waals surface area contributed by atoms with Crippen LogP contribution in [0.25, 0.3) is 0 Å². The van der Waals surface area contributed by atoms with Crippen molar-refractivity contribution in [2.45, 2.75) is 120 Å². The Balaban J connectivity index is 2.43. The van der Waals surface area contributed by atoms with Crippen molar-refractivity contribution in [3.05, 3.63) is 59.7 Å². The highest BCUT2D eigenvalue weighted by Crippen LogP contribution is 2.15. The molecule has 0 aliphatic rings. The fourth-order valence-corrected chi connectivity index (χ4v) is 7.03. The summed E-state index contributed by atoms with van der Waals surface area (Å²) in [5.74, 6) is -14.7. The number of hydrogen-bond acceptors (Lipinski definition) is 16. The number of aromatic hydroxyl groups is 2. The van der Waals surface area contributed by atoms with Crippen molar-refractivity contribution < 1.29 is 78.0 Å². The molecule has 0 aliphatic heterocycles. The third-order valence-electron chi connectivity index (χ3n) is 10.5. The number of phenols is 2. The lowest BCUT2D eigenvalue weighted by atomic mass is 10.0. The SMILES string of the molecule is CC(C)C[C@H](NC(=O)[C@H](CCC(N)=O)NC(=O)[C@@H](N)Cc1ccc(O)cc1)C(=O)N[C@@H](CCC(=O)O)C(=O)N[C@@H](CC(N)=O)C(=O)N[C@@H](Cc1ccc(O)cc1)C(=O)N[C@@H](CS)C(=O)N[C@@H](CC(N)=O)C(=O)O. The molecule has 0 radical (unpaired) electrons. The van der Waals surface area contributed by atoms with Gasteiger partial charge in [0.05, 0.1) is 18.9 Å². The molecular weight excluding hydrogens is 983 g/mol. The molecule has 0 heterocycles. The second-order valence-electron chi connectivity index (χ2n) is 17.2. The molecule has 0 aliphatic carbocycles. The van der Waals surface area contributed by atoms with E-state index in [0.717, 1.165) is 0 Å². The zero-order valence-electron chi connectivity index (χ0n) is 39.8. The molecular formula is C45H63N11O16S. The molecule has 0 bridgehead atoms. The number of primary amides is 3. The summed E-state index contributed by atoms with van der Waals surface area (Å²) in [4.78, 5) is 155. The molecule has 400 valence electrons. The van der Waals surface area contributed by atoms with Crippen LogP contribution in [0.4, 0.5) is 0 Å². The highest BCUT2D eigenvalue weighted by Gasteiger charge is 2.35. The van der Waals surface area contributed by atoms with E-state index >= 15 is 0 Å². The molecule has 0 spiro atoms. The standard InChI is InChI=1S/C45H63N11O16S/c1-21(2)15-29(52-39(65)27(11-13-34(47)59)50-38(64)26(46)16-22-3-7-24(57)8-4-22)41(67)51-28(12-14-37(62)63)40(66)54-31(18-35(48)60)43(69)53-30(17-23-5-9-25(58)10-6-23)42(68)56-33(20-73)44(70)55-32(45(71)72)19-36(49)61/h3-10,21,26-33,57-58,73H,11-20,46H2,1-2H3,(H2,47,59)(H2,48,60)(H2,49,61)(H,50,64)(H,51,67)(H,52,65)(H,53,69)(H,54,66)(H,55,70)(H,56,68)(H,62,63)(H,71,72)/t26-,27-,28-,29-,30-,31-,32-,33-/m0/s1. The fourth-order valence-electron chi connectivity index (χ4n) is 6.77. The maximum atomic E-state index is 14.0. The summed E-state index contributed by atoms with van der Waals surface area (Å²) >= 11 is 4.05. The first kappa shape index (κ1) is 61.1. The lowest BCUT2D eigenvalue weighted by Gasteiger charge is -2.28. The van der Waals surface area contributed by atoms with E-state index in [9.17, 15) is 78.0 Å². The molecule has 19 N–H and O–H groups in total. The zero-order chi connectivity index (χ0) is 55.1. The Labute approximate surface area is 423 Å². The van der Waals surface area contributed by atoms with E-state index in [0.29, 0.717) is 11.1 Å². The molecule has 0 saturated heterocycles. The van der Waals surface area contributed by atoms with Crippen molar-refractivity contribution in [3.8, 4) is 11.5 Å².